The molecule has 4 rings (SSSR count). The maximum absolute atomic E-state index is 13.0. The molecule has 1 aliphatic carbocycles. The van der Waals surface area contributed by atoms with E-state index in [1.54, 1.807) is 21.5 Å². The summed E-state index contributed by atoms with van der Waals surface area (Å²) >= 11 is 6.29. The number of benzene rings is 2. The maximum atomic E-state index is 13.0. The minimum Gasteiger partial charge on any atom is -0.492 e. The molecule has 0 saturated carbocycles. The van der Waals surface area contributed by atoms with Gasteiger partial charge in [-0.25, -0.2) is 4.79 Å². The first-order chi connectivity index (χ1) is 15.5. The van der Waals surface area contributed by atoms with Crippen molar-refractivity contribution in [3.8, 4) is 22.9 Å². The minimum absolute atomic E-state index is 0.152. The second kappa shape index (κ2) is 9.94. The van der Waals surface area contributed by atoms with Crippen molar-refractivity contribution in [2.75, 3.05) is 27.2 Å². The van der Waals surface area contributed by atoms with Gasteiger partial charge in [0.1, 0.15) is 23.9 Å². The predicted octanol–water partition coefficient (Wildman–Crippen LogP) is 4.40. The summed E-state index contributed by atoms with van der Waals surface area (Å²) in [4.78, 5) is 15.0. The number of allylic oxidation sites excluding steroid dienone is 4. The molecule has 2 aromatic carbocycles. The highest BCUT2D eigenvalue weighted by molar-refractivity contribution is 6.22. The quantitative estimate of drug-likeness (QED) is 0.476. The molecule has 0 amide bonds. The average molecular weight is 452 g/mol. The van der Waals surface area contributed by atoms with Crippen molar-refractivity contribution >= 4 is 11.6 Å². The second-order valence-electron chi connectivity index (χ2n) is 7.76. The Kier molecular flexibility index (Phi) is 6.83. The van der Waals surface area contributed by atoms with Crippen LogP contribution in [0.5, 0.6) is 11.5 Å². The summed E-state index contributed by atoms with van der Waals surface area (Å²) in [6, 6.07) is 14.9. The number of likely N-dealkylation sites (N-methyl/N-ethyl adjacent to an activating group) is 1. The van der Waals surface area contributed by atoms with Crippen molar-refractivity contribution in [2.45, 2.75) is 11.8 Å². The zero-order valence-corrected chi connectivity index (χ0v) is 18.9. The summed E-state index contributed by atoms with van der Waals surface area (Å²) in [7, 11) is 4.01. The van der Waals surface area contributed by atoms with Gasteiger partial charge in [-0.3, -0.25) is 9.13 Å². The topological polar surface area (TPSA) is 48.6 Å². The molecule has 1 aliphatic rings. The van der Waals surface area contributed by atoms with E-state index in [4.69, 9.17) is 21.1 Å². The smallest absolute Gasteiger partial charge is 0.337 e. The number of nitrogens with zero attached hydrogens (tertiary/aromatic N) is 3. The van der Waals surface area contributed by atoms with Crippen molar-refractivity contribution in [2.24, 2.45) is 0 Å². The monoisotopic (exact) mass is 451 g/mol. The Hall–Kier alpha value is -3.22. The van der Waals surface area contributed by atoms with E-state index in [0.29, 0.717) is 12.4 Å². The van der Waals surface area contributed by atoms with E-state index in [2.05, 4.69) is 4.90 Å². The van der Waals surface area contributed by atoms with Gasteiger partial charge in [-0.05, 0) is 75.1 Å². The molecular weight excluding hydrogens is 426 g/mol. The highest BCUT2D eigenvalue weighted by Crippen LogP contribution is 2.24. The van der Waals surface area contributed by atoms with Crippen LogP contribution in [0.25, 0.3) is 11.4 Å². The van der Waals surface area contributed by atoms with E-state index in [0.717, 1.165) is 35.8 Å². The number of aromatic nitrogens is 2. The largest absolute Gasteiger partial charge is 0.492 e. The van der Waals surface area contributed by atoms with Crippen LogP contribution in [0.15, 0.2) is 89.7 Å². The minimum atomic E-state index is -0.166. The fourth-order valence-corrected chi connectivity index (χ4v) is 3.53. The third-order valence-electron chi connectivity index (χ3n) is 5.10. The molecule has 3 aromatic rings. The highest BCUT2D eigenvalue weighted by Gasteiger charge is 2.14. The molecule has 1 atom stereocenters. The number of hydrogen-bond donors (Lipinski definition) is 0. The van der Waals surface area contributed by atoms with Gasteiger partial charge in [0, 0.05) is 18.9 Å². The Morgan fingerprint density at radius 1 is 0.969 bits per heavy atom. The molecule has 0 aliphatic heterocycles. The number of imidazole rings is 1. The van der Waals surface area contributed by atoms with Crippen LogP contribution in [-0.2, 0) is 0 Å². The normalized spacial score (nSPS) is 15.6. The summed E-state index contributed by atoms with van der Waals surface area (Å²) in [6.07, 6.45) is 10.1. The third-order valence-corrected chi connectivity index (χ3v) is 5.49. The van der Waals surface area contributed by atoms with E-state index in [-0.39, 0.29) is 11.1 Å². The molecular formula is C25H26ClN3O3. The molecule has 7 heteroatoms. The van der Waals surface area contributed by atoms with Gasteiger partial charge in [0.15, 0.2) is 0 Å². The number of ether oxygens (including phenoxy) is 2. The van der Waals surface area contributed by atoms with E-state index < -0.39 is 0 Å². The standard InChI is InChI=1S/C25H26ClN3O3/c1-27(2)17-18-31-21-11-7-19(8-12-21)28-15-16-29(25(28)30)20-9-13-22(14-10-20)32-24-6-4-3-5-23(24)26/h3-4,6-16,23H,5,17-18H2,1-2H3. The van der Waals surface area contributed by atoms with Crippen molar-refractivity contribution in [1.29, 1.82) is 0 Å². The first-order valence-electron chi connectivity index (χ1n) is 10.5. The molecule has 0 bridgehead atoms. The molecule has 0 saturated heterocycles. The molecule has 0 fully saturated rings. The van der Waals surface area contributed by atoms with E-state index in [1.807, 2.05) is 80.9 Å². The molecule has 166 valence electrons. The summed E-state index contributed by atoms with van der Waals surface area (Å²) in [5.74, 6) is 2.18. The van der Waals surface area contributed by atoms with Crippen LogP contribution in [0.2, 0.25) is 0 Å². The van der Waals surface area contributed by atoms with Crippen molar-refractivity contribution in [3.63, 3.8) is 0 Å². The van der Waals surface area contributed by atoms with E-state index in [9.17, 15) is 4.79 Å². The lowest BCUT2D eigenvalue weighted by Crippen LogP contribution is -2.21. The Bertz CT molecular complexity index is 1160. The number of rotatable bonds is 8. The fraction of sp³-hybridized carbons (Fsp3) is 0.240. The Morgan fingerprint density at radius 2 is 1.56 bits per heavy atom. The summed E-state index contributed by atoms with van der Waals surface area (Å²) < 4.78 is 14.8. The van der Waals surface area contributed by atoms with Gasteiger partial charge >= 0.3 is 5.69 Å². The molecule has 1 heterocycles. The summed E-state index contributed by atoms with van der Waals surface area (Å²) in [5, 5.41) is -0.166. The molecule has 0 spiro atoms. The zero-order valence-electron chi connectivity index (χ0n) is 18.1. The Morgan fingerprint density at radius 3 is 2.12 bits per heavy atom. The Labute approximate surface area is 192 Å². The molecule has 1 unspecified atom stereocenters. The van der Waals surface area contributed by atoms with Gasteiger partial charge in [-0.2, -0.15) is 0 Å². The van der Waals surface area contributed by atoms with Crippen LogP contribution in [-0.4, -0.2) is 46.7 Å². The maximum Gasteiger partial charge on any atom is 0.337 e. The second-order valence-corrected chi connectivity index (χ2v) is 8.29. The van der Waals surface area contributed by atoms with Gasteiger partial charge < -0.3 is 14.4 Å². The van der Waals surface area contributed by atoms with Crippen LogP contribution in [0, 0.1) is 0 Å². The van der Waals surface area contributed by atoms with Gasteiger partial charge in [-0.1, -0.05) is 12.2 Å². The average Bonchev–Trinajstić information content (AvgIpc) is 3.17. The molecule has 0 N–H and O–H groups in total. The van der Waals surface area contributed by atoms with Crippen molar-refractivity contribution in [1.82, 2.24) is 14.0 Å². The molecule has 0 radical (unpaired) electrons. The van der Waals surface area contributed by atoms with Crippen LogP contribution in [0.3, 0.4) is 0 Å². The highest BCUT2D eigenvalue weighted by atomic mass is 35.5. The van der Waals surface area contributed by atoms with Crippen LogP contribution in [0.1, 0.15) is 6.42 Å². The van der Waals surface area contributed by atoms with Crippen LogP contribution in [0.4, 0.5) is 0 Å². The third kappa shape index (κ3) is 5.15. The van der Waals surface area contributed by atoms with Crippen molar-refractivity contribution in [3.05, 3.63) is 95.4 Å². The fourth-order valence-electron chi connectivity index (χ4n) is 3.31. The van der Waals surface area contributed by atoms with Crippen LogP contribution < -0.4 is 15.2 Å². The molecule has 32 heavy (non-hydrogen) atoms. The number of alkyl halides is 1. The SMILES string of the molecule is CN(C)CCOc1ccc(-n2ccn(-c3ccc(OC4=CC=CCC4Cl)cc3)c2=O)cc1. The van der Waals surface area contributed by atoms with Gasteiger partial charge in [-0.15, -0.1) is 11.6 Å². The van der Waals surface area contributed by atoms with E-state index in [1.165, 1.54) is 0 Å². The number of halogens is 1. The lowest BCUT2D eigenvalue weighted by atomic mass is 10.1. The Balaban J connectivity index is 1.46. The summed E-state index contributed by atoms with van der Waals surface area (Å²) in [5.41, 5.74) is 1.38. The van der Waals surface area contributed by atoms with Gasteiger partial charge in [0.25, 0.3) is 0 Å². The molecule has 6 nitrogen and oxygen atoms in total. The predicted molar refractivity (Wildman–Crippen MR) is 128 cm³/mol. The summed E-state index contributed by atoms with van der Waals surface area (Å²) in [6.45, 7) is 1.46. The van der Waals surface area contributed by atoms with Crippen LogP contribution >= 0.6 is 11.6 Å². The first-order valence-corrected chi connectivity index (χ1v) is 10.9. The van der Waals surface area contributed by atoms with E-state index >= 15 is 0 Å². The molecule has 1 aromatic heterocycles. The van der Waals surface area contributed by atoms with Gasteiger partial charge in [0.05, 0.1) is 16.8 Å². The zero-order chi connectivity index (χ0) is 22.5. The lowest BCUT2D eigenvalue weighted by molar-refractivity contribution is 0.261. The van der Waals surface area contributed by atoms with Gasteiger partial charge in [0.2, 0.25) is 0 Å². The lowest BCUT2D eigenvalue weighted by Gasteiger charge is -2.16. The number of hydrogen-bond acceptors (Lipinski definition) is 4. The van der Waals surface area contributed by atoms with Crippen molar-refractivity contribution < 1.29 is 9.47 Å². The first kappa shape index (κ1) is 22.0.